The Morgan fingerprint density at radius 3 is 2.63 bits per heavy atom. The molecule has 19 heavy (non-hydrogen) atoms. The average Bonchev–Trinajstić information content (AvgIpc) is 2.83. The number of imidazole rings is 1. The summed E-state index contributed by atoms with van der Waals surface area (Å²) in [6.45, 7) is 2.10. The molecule has 96 valence electrons. The van der Waals surface area contributed by atoms with Crippen LogP contribution in [0.5, 0.6) is 0 Å². The van der Waals surface area contributed by atoms with Gasteiger partial charge < -0.3 is 4.98 Å². The molecular weight excluding hydrogens is 252 g/mol. The summed E-state index contributed by atoms with van der Waals surface area (Å²) in [6, 6.07) is 16.8. The Morgan fingerprint density at radius 1 is 1.11 bits per heavy atom. The second-order valence-corrected chi connectivity index (χ2v) is 5.61. The summed E-state index contributed by atoms with van der Waals surface area (Å²) in [5.41, 5.74) is 4.69. The van der Waals surface area contributed by atoms with Crippen LogP contribution in [0.25, 0.3) is 11.0 Å². The van der Waals surface area contributed by atoms with Gasteiger partial charge in [-0.1, -0.05) is 36.4 Å². The molecule has 3 rings (SSSR count). The molecule has 1 heterocycles. The van der Waals surface area contributed by atoms with Crippen LogP contribution in [0.4, 0.5) is 0 Å². The number of benzene rings is 2. The van der Waals surface area contributed by atoms with E-state index in [0.29, 0.717) is 0 Å². The standard InChI is InChI=1S/C16H16N2S/c1-11-8-9-13-14(10-11)18-16(17-13)15(19-2)12-6-4-3-5-7-12/h3-10,15H,1-2H3,(H,17,18). The first-order valence-electron chi connectivity index (χ1n) is 6.32. The molecule has 0 aliphatic carbocycles. The molecule has 3 aromatic rings. The molecule has 0 spiro atoms. The molecule has 2 nitrogen and oxygen atoms in total. The zero-order valence-corrected chi connectivity index (χ0v) is 11.9. The number of hydrogen-bond donors (Lipinski definition) is 1. The maximum absolute atomic E-state index is 4.72. The number of thioether (sulfide) groups is 1. The number of nitrogens with zero attached hydrogens (tertiary/aromatic N) is 1. The molecule has 0 fully saturated rings. The largest absolute Gasteiger partial charge is 0.341 e. The summed E-state index contributed by atoms with van der Waals surface area (Å²) in [5, 5.41) is 0.258. The molecule has 1 aromatic heterocycles. The second kappa shape index (κ2) is 5.10. The Balaban J connectivity index is 2.07. The Labute approximate surface area is 117 Å². The molecule has 0 bridgehead atoms. The van der Waals surface area contributed by atoms with E-state index in [9.17, 15) is 0 Å². The van der Waals surface area contributed by atoms with Gasteiger partial charge >= 0.3 is 0 Å². The van der Waals surface area contributed by atoms with Crippen LogP contribution in [0, 0.1) is 6.92 Å². The molecule has 1 unspecified atom stereocenters. The van der Waals surface area contributed by atoms with Gasteiger partial charge in [0.2, 0.25) is 0 Å². The van der Waals surface area contributed by atoms with Crippen LogP contribution in [0.3, 0.4) is 0 Å². The van der Waals surface area contributed by atoms with E-state index in [1.807, 2.05) is 6.07 Å². The monoisotopic (exact) mass is 268 g/mol. The van der Waals surface area contributed by atoms with E-state index >= 15 is 0 Å². The Kier molecular flexibility index (Phi) is 3.30. The minimum Gasteiger partial charge on any atom is -0.341 e. The van der Waals surface area contributed by atoms with Gasteiger partial charge in [0, 0.05) is 0 Å². The molecule has 0 saturated carbocycles. The summed E-state index contributed by atoms with van der Waals surface area (Å²) >= 11 is 1.80. The molecule has 0 aliphatic rings. The van der Waals surface area contributed by atoms with Gasteiger partial charge in [0.1, 0.15) is 5.82 Å². The van der Waals surface area contributed by atoms with Crippen LogP contribution in [-0.2, 0) is 0 Å². The SMILES string of the molecule is CSC(c1ccccc1)c1nc2ccc(C)cc2[nH]1. The molecule has 0 aliphatic heterocycles. The van der Waals surface area contributed by atoms with Crippen molar-refractivity contribution in [3.63, 3.8) is 0 Å². The van der Waals surface area contributed by atoms with E-state index < -0.39 is 0 Å². The highest BCUT2D eigenvalue weighted by atomic mass is 32.2. The van der Waals surface area contributed by atoms with Crippen molar-refractivity contribution >= 4 is 22.8 Å². The molecule has 0 radical (unpaired) electrons. The molecule has 3 heteroatoms. The molecule has 0 saturated heterocycles. The first kappa shape index (κ1) is 12.3. The van der Waals surface area contributed by atoms with Crippen molar-refractivity contribution in [3.05, 3.63) is 65.5 Å². The number of aryl methyl sites for hydroxylation is 1. The highest BCUT2D eigenvalue weighted by Crippen LogP contribution is 2.33. The Hall–Kier alpha value is -1.74. The van der Waals surface area contributed by atoms with E-state index in [2.05, 4.69) is 60.6 Å². The van der Waals surface area contributed by atoms with Crippen LogP contribution < -0.4 is 0 Å². The summed E-state index contributed by atoms with van der Waals surface area (Å²) in [4.78, 5) is 8.18. The lowest BCUT2D eigenvalue weighted by Gasteiger charge is -2.11. The zero-order valence-electron chi connectivity index (χ0n) is 11.1. The van der Waals surface area contributed by atoms with Crippen LogP contribution in [-0.4, -0.2) is 16.2 Å². The number of rotatable bonds is 3. The Bertz CT molecular complexity index is 688. The fourth-order valence-corrected chi connectivity index (χ4v) is 3.06. The zero-order chi connectivity index (χ0) is 13.2. The number of hydrogen-bond acceptors (Lipinski definition) is 2. The van der Waals surface area contributed by atoms with Crippen molar-refractivity contribution < 1.29 is 0 Å². The van der Waals surface area contributed by atoms with Crippen molar-refractivity contribution in [2.75, 3.05) is 6.26 Å². The number of fused-ring (bicyclic) bond motifs is 1. The van der Waals surface area contributed by atoms with Gasteiger partial charge in [-0.2, -0.15) is 0 Å². The minimum absolute atomic E-state index is 0.258. The van der Waals surface area contributed by atoms with Crippen LogP contribution >= 0.6 is 11.8 Å². The van der Waals surface area contributed by atoms with Crippen molar-refractivity contribution in [3.8, 4) is 0 Å². The van der Waals surface area contributed by atoms with E-state index in [-0.39, 0.29) is 5.25 Å². The lowest BCUT2D eigenvalue weighted by molar-refractivity contribution is 1.02. The number of H-pyrrole nitrogens is 1. The third kappa shape index (κ3) is 2.38. The molecule has 1 N–H and O–H groups in total. The normalized spacial score (nSPS) is 12.7. The van der Waals surface area contributed by atoms with Gasteiger partial charge in [-0.05, 0) is 36.4 Å². The first-order valence-corrected chi connectivity index (χ1v) is 7.61. The summed E-state index contributed by atoms with van der Waals surface area (Å²) in [5.74, 6) is 1.03. The fourth-order valence-electron chi connectivity index (χ4n) is 2.30. The minimum atomic E-state index is 0.258. The van der Waals surface area contributed by atoms with Crippen molar-refractivity contribution in [1.82, 2.24) is 9.97 Å². The van der Waals surface area contributed by atoms with Crippen molar-refractivity contribution in [2.24, 2.45) is 0 Å². The van der Waals surface area contributed by atoms with E-state index in [0.717, 1.165) is 16.9 Å². The van der Waals surface area contributed by atoms with E-state index in [1.54, 1.807) is 11.8 Å². The Morgan fingerprint density at radius 2 is 1.89 bits per heavy atom. The third-order valence-corrected chi connectivity index (χ3v) is 4.21. The fraction of sp³-hybridized carbons (Fsp3) is 0.188. The first-order chi connectivity index (χ1) is 9.28. The maximum Gasteiger partial charge on any atom is 0.124 e. The summed E-state index contributed by atoms with van der Waals surface area (Å²) in [6.07, 6.45) is 2.12. The smallest absolute Gasteiger partial charge is 0.124 e. The third-order valence-electron chi connectivity index (χ3n) is 3.24. The predicted molar refractivity (Wildman–Crippen MR) is 82.6 cm³/mol. The summed E-state index contributed by atoms with van der Waals surface area (Å²) < 4.78 is 0. The lowest BCUT2D eigenvalue weighted by Crippen LogP contribution is -1.98. The van der Waals surface area contributed by atoms with E-state index in [1.165, 1.54) is 11.1 Å². The maximum atomic E-state index is 4.72. The van der Waals surface area contributed by atoms with Gasteiger partial charge in [-0.3, -0.25) is 0 Å². The molecule has 2 aromatic carbocycles. The number of aromatic nitrogens is 2. The predicted octanol–water partition coefficient (Wildman–Crippen LogP) is 4.32. The van der Waals surface area contributed by atoms with Crippen LogP contribution in [0.15, 0.2) is 48.5 Å². The van der Waals surface area contributed by atoms with Gasteiger partial charge in [0.05, 0.1) is 16.3 Å². The van der Waals surface area contributed by atoms with Crippen molar-refractivity contribution in [1.29, 1.82) is 0 Å². The van der Waals surface area contributed by atoms with Gasteiger partial charge in [-0.25, -0.2) is 4.98 Å². The van der Waals surface area contributed by atoms with Crippen LogP contribution in [0.2, 0.25) is 0 Å². The van der Waals surface area contributed by atoms with Gasteiger partial charge in [-0.15, -0.1) is 11.8 Å². The second-order valence-electron chi connectivity index (χ2n) is 4.67. The molecule has 1 atom stereocenters. The topological polar surface area (TPSA) is 28.7 Å². The number of aromatic amines is 1. The highest BCUT2D eigenvalue weighted by molar-refractivity contribution is 7.99. The van der Waals surface area contributed by atoms with Crippen LogP contribution in [0.1, 0.15) is 22.2 Å². The quantitative estimate of drug-likeness (QED) is 0.766. The van der Waals surface area contributed by atoms with Gasteiger partial charge in [0.15, 0.2) is 0 Å². The summed E-state index contributed by atoms with van der Waals surface area (Å²) in [7, 11) is 0. The van der Waals surface area contributed by atoms with Crippen molar-refractivity contribution in [2.45, 2.75) is 12.2 Å². The van der Waals surface area contributed by atoms with Gasteiger partial charge in [0.25, 0.3) is 0 Å². The average molecular weight is 268 g/mol. The van der Waals surface area contributed by atoms with E-state index in [4.69, 9.17) is 4.98 Å². The lowest BCUT2D eigenvalue weighted by atomic mass is 10.1. The highest BCUT2D eigenvalue weighted by Gasteiger charge is 2.16. The number of nitrogens with one attached hydrogen (secondary N) is 1. The molecule has 0 amide bonds. The molecular formula is C16H16N2S.